The Morgan fingerprint density at radius 2 is 1.56 bits per heavy atom. The molecule has 130 valence electrons. The number of hydrogen-bond donors (Lipinski definition) is 0. The quantitative estimate of drug-likeness (QED) is 0.778. The van der Waals surface area contributed by atoms with Gasteiger partial charge in [0, 0.05) is 11.4 Å². The van der Waals surface area contributed by atoms with E-state index in [-0.39, 0.29) is 29.6 Å². The topological polar surface area (TPSA) is 57.7 Å². The van der Waals surface area contributed by atoms with Crippen molar-refractivity contribution < 1.29 is 13.2 Å². The summed E-state index contributed by atoms with van der Waals surface area (Å²) in [4.78, 5) is 16.6. The summed E-state index contributed by atoms with van der Waals surface area (Å²) in [5, 5.41) is 0. The average Bonchev–Trinajstić information content (AvgIpc) is 2.98. The molecule has 25 heavy (non-hydrogen) atoms. The largest absolute Gasteiger partial charge is 0.329 e. The van der Waals surface area contributed by atoms with Gasteiger partial charge in [0.25, 0.3) is 0 Å². The number of para-hydroxylation sites is 1. The molecule has 2 fully saturated rings. The highest BCUT2D eigenvalue weighted by molar-refractivity contribution is 7.91. The number of nitrogens with zero attached hydrogens (tertiary/aromatic N) is 2. The molecule has 0 spiro atoms. The monoisotopic (exact) mass is 356 g/mol. The molecule has 2 aromatic carbocycles. The van der Waals surface area contributed by atoms with E-state index in [4.69, 9.17) is 0 Å². The van der Waals surface area contributed by atoms with Crippen molar-refractivity contribution in [3.05, 3.63) is 59.7 Å². The third-order valence-corrected chi connectivity index (χ3v) is 6.71. The number of hydrogen-bond acceptors (Lipinski definition) is 3. The summed E-state index contributed by atoms with van der Waals surface area (Å²) in [5.74, 6) is 0.0275. The van der Waals surface area contributed by atoms with Crippen molar-refractivity contribution >= 4 is 27.2 Å². The highest BCUT2D eigenvalue weighted by atomic mass is 32.2. The SMILES string of the molecule is Cc1ccc(N2C(=O)N(c3ccccc3)[C@@H]3CS(=O)(=O)C[C@H]32)c(C)c1. The molecule has 2 aliphatic heterocycles. The Labute approximate surface area is 147 Å². The lowest BCUT2D eigenvalue weighted by molar-refractivity contribution is 0.255. The van der Waals surface area contributed by atoms with Crippen molar-refractivity contribution in [2.75, 3.05) is 21.3 Å². The van der Waals surface area contributed by atoms with Crippen LogP contribution in [0.3, 0.4) is 0 Å². The van der Waals surface area contributed by atoms with Crippen LogP contribution in [0.4, 0.5) is 16.2 Å². The van der Waals surface area contributed by atoms with E-state index in [1.54, 1.807) is 9.80 Å². The summed E-state index contributed by atoms with van der Waals surface area (Å²) >= 11 is 0. The summed E-state index contributed by atoms with van der Waals surface area (Å²) in [6.45, 7) is 3.96. The van der Waals surface area contributed by atoms with Crippen LogP contribution in [0, 0.1) is 13.8 Å². The van der Waals surface area contributed by atoms with Crippen LogP contribution in [0.5, 0.6) is 0 Å². The summed E-state index contributed by atoms with van der Waals surface area (Å²) in [6, 6.07) is 14.4. The van der Waals surface area contributed by atoms with Gasteiger partial charge in [-0.2, -0.15) is 0 Å². The van der Waals surface area contributed by atoms with E-state index in [1.165, 1.54) is 0 Å². The van der Waals surface area contributed by atoms with Crippen LogP contribution in [-0.2, 0) is 9.84 Å². The molecule has 2 aliphatic rings. The zero-order valence-electron chi connectivity index (χ0n) is 14.2. The molecule has 5 nitrogen and oxygen atoms in total. The molecule has 0 unspecified atom stereocenters. The molecule has 2 amide bonds. The summed E-state index contributed by atoms with van der Waals surface area (Å²) < 4.78 is 24.6. The van der Waals surface area contributed by atoms with Gasteiger partial charge in [-0.05, 0) is 37.6 Å². The molecule has 0 saturated carbocycles. The molecule has 2 saturated heterocycles. The smallest absolute Gasteiger partial charge is 0.288 e. The number of sulfone groups is 1. The molecule has 2 aromatic rings. The zero-order valence-corrected chi connectivity index (χ0v) is 15.0. The lowest BCUT2D eigenvalue weighted by Gasteiger charge is -2.24. The molecular formula is C19H20N2O3S. The maximum Gasteiger partial charge on any atom is 0.329 e. The Kier molecular flexibility index (Phi) is 3.61. The maximum atomic E-state index is 13.2. The number of benzene rings is 2. The van der Waals surface area contributed by atoms with Crippen LogP contribution < -0.4 is 9.80 Å². The third kappa shape index (κ3) is 2.61. The van der Waals surface area contributed by atoms with Crippen LogP contribution in [-0.4, -0.2) is 38.0 Å². The standard InChI is InChI=1S/C19H20N2O3S/c1-13-8-9-16(14(2)10-13)21-18-12-25(23,24)11-17(18)20(19(21)22)15-6-4-3-5-7-15/h3-10,17-18H,11-12H2,1-2H3/t17-,18-/m1/s1. The van der Waals surface area contributed by atoms with Crippen molar-refractivity contribution in [2.45, 2.75) is 25.9 Å². The van der Waals surface area contributed by atoms with Crippen molar-refractivity contribution in [2.24, 2.45) is 0 Å². The third-order valence-electron chi connectivity index (χ3n) is 5.02. The minimum Gasteiger partial charge on any atom is -0.288 e. The number of urea groups is 1. The Balaban J connectivity index is 1.83. The first-order chi connectivity index (χ1) is 11.9. The molecule has 0 aliphatic carbocycles. The number of carbonyl (C=O) groups is 1. The minimum atomic E-state index is -3.17. The first kappa shape index (κ1) is 16.1. The number of fused-ring (bicyclic) bond motifs is 1. The van der Waals surface area contributed by atoms with Crippen LogP contribution in [0.15, 0.2) is 48.5 Å². The zero-order chi connectivity index (χ0) is 17.8. The van der Waals surface area contributed by atoms with Crippen LogP contribution in [0.1, 0.15) is 11.1 Å². The fraction of sp³-hybridized carbons (Fsp3) is 0.316. The lowest BCUT2D eigenvalue weighted by atomic mass is 10.1. The number of amides is 2. The maximum absolute atomic E-state index is 13.2. The predicted octanol–water partition coefficient (Wildman–Crippen LogP) is 2.92. The fourth-order valence-electron chi connectivity index (χ4n) is 3.95. The second-order valence-electron chi connectivity index (χ2n) is 6.86. The molecule has 4 rings (SSSR count). The minimum absolute atomic E-state index is 0.0136. The molecule has 6 heteroatoms. The molecular weight excluding hydrogens is 336 g/mol. The first-order valence-electron chi connectivity index (χ1n) is 8.32. The Morgan fingerprint density at radius 1 is 0.920 bits per heavy atom. The molecule has 0 bridgehead atoms. The summed E-state index contributed by atoms with van der Waals surface area (Å²) in [5.41, 5.74) is 3.63. The molecule has 0 aromatic heterocycles. The van der Waals surface area contributed by atoms with Crippen molar-refractivity contribution in [1.29, 1.82) is 0 Å². The van der Waals surface area contributed by atoms with E-state index >= 15 is 0 Å². The van der Waals surface area contributed by atoms with Gasteiger partial charge in [-0.25, -0.2) is 13.2 Å². The van der Waals surface area contributed by atoms with Gasteiger partial charge in [-0.3, -0.25) is 9.80 Å². The van der Waals surface area contributed by atoms with Gasteiger partial charge in [0.05, 0.1) is 23.6 Å². The average molecular weight is 356 g/mol. The number of rotatable bonds is 2. The van der Waals surface area contributed by atoms with Gasteiger partial charge in [0.15, 0.2) is 9.84 Å². The van der Waals surface area contributed by atoms with Crippen molar-refractivity contribution in [3.63, 3.8) is 0 Å². The highest BCUT2D eigenvalue weighted by Crippen LogP contribution is 2.38. The van der Waals surface area contributed by atoms with Gasteiger partial charge in [-0.1, -0.05) is 35.9 Å². The van der Waals surface area contributed by atoms with Crippen molar-refractivity contribution in [3.8, 4) is 0 Å². The van der Waals surface area contributed by atoms with E-state index in [2.05, 4.69) is 0 Å². The van der Waals surface area contributed by atoms with Crippen LogP contribution >= 0.6 is 0 Å². The molecule has 0 radical (unpaired) electrons. The highest BCUT2D eigenvalue weighted by Gasteiger charge is 2.54. The second kappa shape index (κ2) is 5.59. The van der Waals surface area contributed by atoms with Gasteiger partial charge < -0.3 is 0 Å². The van der Waals surface area contributed by atoms with E-state index in [9.17, 15) is 13.2 Å². The van der Waals surface area contributed by atoms with Gasteiger partial charge >= 0.3 is 6.03 Å². The molecule has 2 atom stereocenters. The van der Waals surface area contributed by atoms with Crippen molar-refractivity contribution in [1.82, 2.24) is 0 Å². The number of anilines is 2. The normalized spacial score (nSPS) is 24.6. The van der Waals surface area contributed by atoms with E-state index in [0.29, 0.717) is 0 Å². The fourth-order valence-corrected chi connectivity index (χ4v) is 5.87. The van der Waals surface area contributed by atoms with E-state index in [0.717, 1.165) is 22.5 Å². The van der Waals surface area contributed by atoms with Gasteiger partial charge in [0.1, 0.15) is 0 Å². The molecule has 2 heterocycles. The second-order valence-corrected chi connectivity index (χ2v) is 9.01. The lowest BCUT2D eigenvalue weighted by Crippen LogP contribution is -2.38. The predicted molar refractivity (Wildman–Crippen MR) is 98.9 cm³/mol. The van der Waals surface area contributed by atoms with Gasteiger partial charge in [-0.15, -0.1) is 0 Å². The van der Waals surface area contributed by atoms with E-state index < -0.39 is 9.84 Å². The molecule has 0 N–H and O–H groups in total. The summed E-state index contributed by atoms with van der Waals surface area (Å²) in [7, 11) is -3.17. The Hall–Kier alpha value is -2.34. The summed E-state index contributed by atoms with van der Waals surface area (Å²) in [6.07, 6.45) is 0. The number of aryl methyl sites for hydroxylation is 2. The Bertz CT molecular complexity index is 940. The first-order valence-corrected chi connectivity index (χ1v) is 10.1. The van der Waals surface area contributed by atoms with Crippen LogP contribution in [0.25, 0.3) is 0 Å². The number of carbonyl (C=O) groups excluding carboxylic acids is 1. The Morgan fingerprint density at radius 3 is 2.20 bits per heavy atom. The van der Waals surface area contributed by atoms with Crippen LogP contribution in [0.2, 0.25) is 0 Å². The van der Waals surface area contributed by atoms with Gasteiger partial charge in [0.2, 0.25) is 0 Å². The van der Waals surface area contributed by atoms with E-state index in [1.807, 2.05) is 62.4 Å².